The van der Waals surface area contributed by atoms with E-state index in [2.05, 4.69) is 10.3 Å². The Labute approximate surface area is 143 Å². The van der Waals surface area contributed by atoms with Crippen molar-refractivity contribution >= 4 is 33.9 Å². The smallest absolute Gasteiger partial charge is 0.271 e. The van der Waals surface area contributed by atoms with Gasteiger partial charge in [-0.2, -0.15) is 0 Å². The summed E-state index contributed by atoms with van der Waals surface area (Å²) in [5, 5.41) is 14.5. The number of hydrogen-bond donors (Lipinski definition) is 2. The number of nitrogens with one attached hydrogen (secondary N) is 1. The van der Waals surface area contributed by atoms with Crippen LogP contribution in [-0.2, 0) is 11.2 Å². The molecule has 126 valence electrons. The lowest BCUT2D eigenvalue weighted by atomic mass is 10.1. The molecule has 0 spiro atoms. The number of fused-ring (bicyclic) bond motifs is 1. The number of carbonyl (C=O) groups is 1. The minimum atomic E-state index is -0.494. The van der Waals surface area contributed by atoms with E-state index in [-0.39, 0.29) is 18.0 Å². The molecule has 3 N–H and O–H groups in total. The molecule has 1 heterocycles. The van der Waals surface area contributed by atoms with Crippen LogP contribution in [0.2, 0.25) is 0 Å². The number of anilines is 2. The molecule has 7 nitrogen and oxygen atoms in total. The Hall–Kier alpha value is -3.48. The number of nitrogens with zero attached hydrogens (tertiary/aromatic N) is 2. The lowest BCUT2D eigenvalue weighted by Gasteiger charge is -2.08. The Morgan fingerprint density at radius 1 is 1.20 bits per heavy atom. The lowest BCUT2D eigenvalue weighted by molar-refractivity contribution is -0.384. The van der Waals surface area contributed by atoms with Crippen molar-refractivity contribution in [2.45, 2.75) is 13.3 Å². The quantitative estimate of drug-likeness (QED) is 0.432. The lowest BCUT2D eigenvalue weighted by Crippen LogP contribution is -2.16. The molecule has 0 aliphatic rings. The van der Waals surface area contributed by atoms with Gasteiger partial charge >= 0.3 is 0 Å². The predicted molar refractivity (Wildman–Crippen MR) is 96.3 cm³/mol. The highest BCUT2D eigenvalue weighted by Gasteiger charge is 2.12. The summed E-state index contributed by atoms with van der Waals surface area (Å²) in [6.45, 7) is 1.78. The number of nitrogens with two attached hydrogens (primary N) is 1. The van der Waals surface area contributed by atoms with E-state index in [0.29, 0.717) is 17.1 Å². The molecule has 1 amide bonds. The first-order valence-electron chi connectivity index (χ1n) is 7.62. The molecule has 0 unspecified atom stereocenters. The van der Waals surface area contributed by atoms with Gasteiger partial charge in [0.05, 0.1) is 28.2 Å². The normalized spacial score (nSPS) is 10.6. The van der Waals surface area contributed by atoms with Crippen LogP contribution in [0.1, 0.15) is 11.3 Å². The number of pyridine rings is 1. The standard InChI is InChI=1S/C18H16N4O3/c1-11-2-6-15(22(24)25)10-17(11)21-18(23)9-14-5-3-12-8-13(19)4-7-16(12)20-14/h2-8,10H,9,19H2,1H3,(H,21,23). The van der Waals surface area contributed by atoms with Crippen LogP contribution in [0.5, 0.6) is 0 Å². The highest BCUT2D eigenvalue weighted by Crippen LogP contribution is 2.22. The van der Waals surface area contributed by atoms with Gasteiger partial charge in [-0.25, -0.2) is 0 Å². The summed E-state index contributed by atoms with van der Waals surface area (Å²) in [6.07, 6.45) is 0.0719. The van der Waals surface area contributed by atoms with Crippen molar-refractivity contribution in [2.75, 3.05) is 11.1 Å². The number of amides is 1. The second-order valence-electron chi connectivity index (χ2n) is 5.74. The zero-order valence-corrected chi connectivity index (χ0v) is 13.5. The maximum absolute atomic E-state index is 12.3. The predicted octanol–water partition coefficient (Wildman–Crippen LogP) is 3.21. The topological polar surface area (TPSA) is 111 Å². The van der Waals surface area contributed by atoms with Gasteiger partial charge < -0.3 is 11.1 Å². The monoisotopic (exact) mass is 336 g/mol. The van der Waals surface area contributed by atoms with Crippen LogP contribution >= 0.6 is 0 Å². The maximum atomic E-state index is 12.3. The number of aryl methyl sites for hydroxylation is 1. The summed E-state index contributed by atoms with van der Waals surface area (Å²) in [7, 11) is 0. The number of nitrogen functional groups attached to an aromatic ring is 1. The van der Waals surface area contributed by atoms with Crippen LogP contribution in [0.4, 0.5) is 17.1 Å². The molecule has 0 bridgehead atoms. The van der Waals surface area contributed by atoms with Crippen molar-refractivity contribution in [3.8, 4) is 0 Å². The summed E-state index contributed by atoms with van der Waals surface area (Å²) in [4.78, 5) is 27.1. The average Bonchev–Trinajstić information content (AvgIpc) is 2.56. The van der Waals surface area contributed by atoms with E-state index >= 15 is 0 Å². The molecule has 0 radical (unpaired) electrons. The van der Waals surface area contributed by atoms with E-state index in [9.17, 15) is 14.9 Å². The van der Waals surface area contributed by atoms with E-state index in [4.69, 9.17) is 5.73 Å². The molecule has 0 saturated carbocycles. The van der Waals surface area contributed by atoms with Crippen LogP contribution in [0.3, 0.4) is 0 Å². The number of benzene rings is 2. The summed E-state index contributed by atoms with van der Waals surface area (Å²) in [6, 6.07) is 13.4. The first-order valence-corrected chi connectivity index (χ1v) is 7.62. The number of aromatic nitrogens is 1. The van der Waals surface area contributed by atoms with Crippen molar-refractivity contribution in [1.82, 2.24) is 4.98 Å². The third kappa shape index (κ3) is 3.72. The fourth-order valence-corrected chi connectivity index (χ4v) is 2.50. The van der Waals surface area contributed by atoms with E-state index in [1.165, 1.54) is 12.1 Å². The van der Waals surface area contributed by atoms with Crippen LogP contribution in [-0.4, -0.2) is 15.8 Å². The molecule has 1 aromatic heterocycles. The minimum absolute atomic E-state index is 0.0673. The Morgan fingerprint density at radius 2 is 2.00 bits per heavy atom. The van der Waals surface area contributed by atoms with Crippen LogP contribution in [0.25, 0.3) is 10.9 Å². The van der Waals surface area contributed by atoms with E-state index in [1.54, 1.807) is 31.2 Å². The van der Waals surface area contributed by atoms with Crippen molar-refractivity contribution < 1.29 is 9.72 Å². The van der Waals surface area contributed by atoms with Crippen molar-refractivity contribution in [3.05, 3.63) is 69.9 Å². The Balaban J connectivity index is 1.77. The number of non-ortho nitro benzene ring substituents is 1. The van der Waals surface area contributed by atoms with Crippen molar-refractivity contribution in [2.24, 2.45) is 0 Å². The fraction of sp³-hybridized carbons (Fsp3) is 0.111. The van der Waals surface area contributed by atoms with Crippen LogP contribution in [0, 0.1) is 17.0 Å². The van der Waals surface area contributed by atoms with Crippen LogP contribution < -0.4 is 11.1 Å². The van der Waals surface area contributed by atoms with Crippen LogP contribution in [0.15, 0.2) is 48.5 Å². The molecule has 3 aromatic rings. The number of nitro benzene ring substituents is 1. The zero-order valence-electron chi connectivity index (χ0n) is 13.5. The third-order valence-electron chi connectivity index (χ3n) is 3.82. The summed E-state index contributed by atoms with van der Waals surface area (Å²) in [5.41, 5.74) is 8.86. The Kier molecular flexibility index (Phi) is 4.30. The van der Waals surface area contributed by atoms with Gasteiger partial charge in [0, 0.05) is 23.2 Å². The molecular weight excluding hydrogens is 320 g/mol. The molecule has 2 aromatic carbocycles. The van der Waals surface area contributed by atoms with Gasteiger partial charge in [0.2, 0.25) is 5.91 Å². The van der Waals surface area contributed by atoms with Gasteiger partial charge in [-0.05, 0) is 36.8 Å². The van der Waals surface area contributed by atoms with E-state index in [0.717, 1.165) is 16.5 Å². The summed E-state index contributed by atoms with van der Waals surface area (Å²) in [5.74, 6) is -0.286. The van der Waals surface area contributed by atoms with Gasteiger partial charge in [-0.1, -0.05) is 12.1 Å². The average molecular weight is 336 g/mol. The summed E-state index contributed by atoms with van der Waals surface area (Å²) >= 11 is 0. The van der Waals surface area contributed by atoms with Crippen molar-refractivity contribution in [3.63, 3.8) is 0 Å². The first kappa shape index (κ1) is 16.4. The first-order chi connectivity index (χ1) is 11.9. The van der Waals surface area contributed by atoms with Gasteiger partial charge in [0.1, 0.15) is 0 Å². The number of hydrogen-bond acceptors (Lipinski definition) is 5. The van der Waals surface area contributed by atoms with Gasteiger partial charge in [-0.3, -0.25) is 19.9 Å². The molecular formula is C18H16N4O3. The van der Waals surface area contributed by atoms with Gasteiger partial charge in [0.25, 0.3) is 5.69 Å². The van der Waals surface area contributed by atoms with Crippen molar-refractivity contribution in [1.29, 1.82) is 0 Å². The van der Waals surface area contributed by atoms with Gasteiger partial charge in [-0.15, -0.1) is 0 Å². The number of rotatable bonds is 4. The van der Waals surface area contributed by atoms with E-state index in [1.807, 2.05) is 12.1 Å². The number of carbonyl (C=O) groups excluding carboxylic acids is 1. The van der Waals surface area contributed by atoms with Gasteiger partial charge in [0.15, 0.2) is 0 Å². The zero-order chi connectivity index (χ0) is 18.0. The molecule has 3 rings (SSSR count). The maximum Gasteiger partial charge on any atom is 0.271 e. The third-order valence-corrected chi connectivity index (χ3v) is 3.82. The SMILES string of the molecule is Cc1ccc([N+](=O)[O-])cc1NC(=O)Cc1ccc2cc(N)ccc2n1. The molecule has 7 heteroatoms. The highest BCUT2D eigenvalue weighted by molar-refractivity contribution is 5.93. The molecule has 0 aliphatic heterocycles. The second kappa shape index (κ2) is 6.56. The fourth-order valence-electron chi connectivity index (χ4n) is 2.50. The minimum Gasteiger partial charge on any atom is -0.399 e. The Bertz CT molecular complexity index is 985. The molecule has 0 atom stereocenters. The molecule has 0 aliphatic carbocycles. The summed E-state index contributed by atoms with van der Waals surface area (Å²) < 4.78 is 0. The molecule has 25 heavy (non-hydrogen) atoms. The van der Waals surface area contributed by atoms with E-state index < -0.39 is 4.92 Å². The molecule has 0 saturated heterocycles. The Morgan fingerprint density at radius 3 is 2.76 bits per heavy atom. The second-order valence-corrected chi connectivity index (χ2v) is 5.74. The molecule has 0 fully saturated rings. The largest absolute Gasteiger partial charge is 0.399 e. The highest BCUT2D eigenvalue weighted by atomic mass is 16.6. The number of nitro groups is 1.